The number of benzene rings is 2. The first-order chi connectivity index (χ1) is 11.5. The summed E-state index contributed by atoms with van der Waals surface area (Å²) in [6, 6.07) is 12.3. The van der Waals surface area contributed by atoms with Gasteiger partial charge >= 0.3 is 0 Å². The number of hydrogen-bond acceptors (Lipinski definition) is 2. The highest BCUT2D eigenvalue weighted by molar-refractivity contribution is 7.80. The van der Waals surface area contributed by atoms with Gasteiger partial charge in [0.1, 0.15) is 24.0 Å². The summed E-state index contributed by atoms with van der Waals surface area (Å²) in [7, 11) is 0. The lowest BCUT2D eigenvalue weighted by Gasteiger charge is -2.26. The van der Waals surface area contributed by atoms with Crippen LogP contribution in [0.4, 0.5) is 8.78 Å². The molecule has 2 aliphatic rings. The van der Waals surface area contributed by atoms with Crippen molar-refractivity contribution in [3.05, 3.63) is 71.3 Å². The van der Waals surface area contributed by atoms with Gasteiger partial charge in [-0.3, -0.25) is 0 Å². The zero-order valence-electron chi connectivity index (χ0n) is 12.2. The van der Waals surface area contributed by atoms with Gasteiger partial charge in [-0.15, -0.1) is 0 Å². The van der Waals surface area contributed by atoms with Crippen LogP contribution < -0.4 is 10.6 Å². The van der Waals surface area contributed by atoms with Crippen molar-refractivity contribution in [1.29, 1.82) is 0 Å². The maximum absolute atomic E-state index is 13.2. The molecule has 4 nitrogen and oxygen atoms in total. The standard InChI is InChI=1S/C16H12F2N4S2/c17-11-5-1-9(2-6-11)13-19-15(23)22-14(20-16(24)21(13)22)10-3-7-12(18)8-4-10/h1-8,13-14H,(H,19,23)(H,20,24)/t13-,14-/m1/s1. The monoisotopic (exact) mass is 362 g/mol. The highest BCUT2D eigenvalue weighted by Gasteiger charge is 2.47. The molecule has 2 heterocycles. The summed E-state index contributed by atoms with van der Waals surface area (Å²) < 4.78 is 26.3. The SMILES string of the molecule is Fc1ccc([C@@H]2NC(=S)N3[C@H](c4ccc(F)cc4)NC(=S)N23)cc1. The molecule has 8 heteroatoms. The van der Waals surface area contributed by atoms with Crippen molar-refractivity contribution in [2.45, 2.75) is 12.3 Å². The van der Waals surface area contributed by atoms with Crippen LogP contribution in [0.15, 0.2) is 48.5 Å². The first-order valence-corrected chi connectivity index (χ1v) is 8.06. The van der Waals surface area contributed by atoms with E-state index in [2.05, 4.69) is 10.6 Å². The van der Waals surface area contributed by atoms with E-state index in [9.17, 15) is 8.78 Å². The van der Waals surface area contributed by atoms with Gasteiger partial charge in [0.25, 0.3) is 0 Å². The van der Waals surface area contributed by atoms with Crippen molar-refractivity contribution in [3.8, 4) is 0 Å². The van der Waals surface area contributed by atoms with E-state index >= 15 is 0 Å². The smallest absolute Gasteiger partial charge is 0.192 e. The molecular weight excluding hydrogens is 350 g/mol. The summed E-state index contributed by atoms with van der Waals surface area (Å²) in [6.45, 7) is 0. The van der Waals surface area contributed by atoms with Crippen LogP contribution in [0.2, 0.25) is 0 Å². The number of nitrogens with zero attached hydrogens (tertiary/aromatic N) is 2. The average molecular weight is 362 g/mol. The van der Waals surface area contributed by atoms with Crippen LogP contribution in [0.1, 0.15) is 23.5 Å². The lowest BCUT2D eigenvalue weighted by molar-refractivity contribution is 0.114. The lowest BCUT2D eigenvalue weighted by Crippen LogP contribution is -2.36. The number of hydrogen-bond donors (Lipinski definition) is 2. The maximum atomic E-state index is 13.2. The molecule has 4 rings (SSSR count). The van der Waals surface area contributed by atoms with Crippen LogP contribution in [-0.2, 0) is 0 Å². The number of fused-ring (bicyclic) bond motifs is 1. The fraction of sp³-hybridized carbons (Fsp3) is 0.125. The minimum absolute atomic E-state index is 0.303. The van der Waals surface area contributed by atoms with Crippen molar-refractivity contribution in [1.82, 2.24) is 20.7 Å². The molecule has 2 aromatic carbocycles. The Kier molecular flexibility index (Phi) is 3.58. The Labute approximate surface area is 148 Å². The molecule has 0 unspecified atom stereocenters. The minimum atomic E-state index is -0.316. The van der Waals surface area contributed by atoms with Crippen molar-refractivity contribution in [2.75, 3.05) is 0 Å². The maximum Gasteiger partial charge on any atom is 0.192 e. The third-order valence-corrected chi connectivity index (χ3v) is 4.64. The van der Waals surface area contributed by atoms with E-state index in [1.807, 2.05) is 10.0 Å². The molecule has 0 aromatic heterocycles. The predicted octanol–water partition coefficient (Wildman–Crippen LogP) is 2.96. The van der Waals surface area contributed by atoms with E-state index in [0.717, 1.165) is 11.1 Å². The molecule has 2 saturated heterocycles. The number of rotatable bonds is 2. The van der Waals surface area contributed by atoms with Gasteiger partial charge in [-0.05, 0) is 59.8 Å². The van der Waals surface area contributed by atoms with Crippen LogP contribution >= 0.6 is 24.4 Å². The predicted molar refractivity (Wildman–Crippen MR) is 93.4 cm³/mol. The van der Waals surface area contributed by atoms with Gasteiger partial charge < -0.3 is 10.6 Å². The van der Waals surface area contributed by atoms with Crippen molar-refractivity contribution >= 4 is 34.7 Å². The van der Waals surface area contributed by atoms with E-state index < -0.39 is 0 Å². The summed E-state index contributed by atoms with van der Waals surface area (Å²) in [4.78, 5) is 0. The topological polar surface area (TPSA) is 30.5 Å². The summed E-state index contributed by atoms with van der Waals surface area (Å²) in [5.74, 6) is -0.606. The van der Waals surface area contributed by atoms with Gasteiger partial charge in [0.2, 0.25) is 0 Å². The van der Waals surface area contributed by atoms with Crippen LogP contribution in [0.25, 0.3) is 0 Å². The fourth-order valence-electron chi connectivity index (χ4n) is 2.91. The molecule has 0 radical (unpaired) electrons. The first-order valence-electron chi connectivity index (χ1n) is 7.25. The molecule has 2 fully saturated rings. The number of nitrogens with one attached hydrogen (secondary N) is 2. The molecule has 2 atom stereocenters. The molecular formula is C16H12F2N4S2. The Bertz CT molecular complexity index is 740. The molecule has 2 aliphatic heterocycles. The lowest BCUT2D eigenvalue weighted by atomic mass is 10.1. The van der Waals surface area contributed by atoms with E-state index in [-0.39, 0.29) is 24.0 Å². The van der Waals surface area contributed by atoms with Crippen LogP contribution in [-0.4, -0.2) is 20.2 Å². The van der Waals surface area contributed by atoms with E-state index in [0.29, 0.717) is 10.2 Å². The molecule has 0 spiro atoms. The molecule has 122 valence electrons. The second-order valence-electron chi connectivity index (χ2n) is 5.50. The highest BCUT2D eigenvalue weighted by atomic mass is 32.1. The van der Waals surface area contributed by atoms with Gasteiger partial charge in [-0.2, -0.15) is 0 Å². The van der Waals surface area contributed by atoms with Gasteiger partial charge in [-0.25, -0.2) is 18.8 Å². The highest BCUT2D eigenvalue weighted by Crippen LogP contribution is 2.36. The van der Waals surface area contributed by atoms with Crippen molar-refractivity contribution in [2.24, 2.45) is 0 Å². The first kappa shape index (κ1) is 15.2. The van der Waals surface area contributed by atoms with E-state index in [1.54, 1.807) is 24.3 Å². The zero-order chi connectivity index (χ0) is 16.8. The normalized spacial score (nSPS) is 22.4. The zero-order valence-corrected chi connectivity index (χ0v) is 13.9. The third-order valence-electron chi connectivity index (χ3n) is 4.03. The Morgan fingerprint density at radius 3 is 1.33 bits per heavy atom. The second kappa shape index (κ2) is 5.64. The summed E-state index contributed by atoms with van der Waals surface area (Å²) >= 11 is 10.9. The number of hydrazine groups is 1. The van der Waals surface area contributed by atoms with Crippen LogP contribution in [0, 0.1) is 11.6 Å². The van der Waals surface area contributed by atoms with Crippen molar-refractivity contribution < 1.29 is 8.78 Å². The van der Waals surface area contributed by atoms with E-state index in [1.165, 1.54) is 24.3 Å². The Balaban J connectivity index is 1.68. The quantitative estimate of drug-likeness (QED) is 0.799. The van der Waals surface area contributed by atoms with E-state index in [4.69, 9.17) is 24.4 Å². The van der Waals surface area contributed by atoms with Crippen LogP contribution in [0.5, 0.6) is 0 Å². The molecule has 2 aromatic rings. The summed E-state index contributed by atoms with van der Waals surface area (Å²) in [5, 5.41) is 11.0. The Morgan fingerprint density at radius 1 is 0.667 bits per heavy atom. The van der Waals surface area contributed by atoms with Gasteiger partial charge in [0.05, 0.1) is 0 Å². The Hall–Kier alpha value is -2.32. The molecule has 24 heavy (non-hydrogen) atoms. The largest absolute Gasteiger partial charge is 0.336 e. The Morgan fingerprint density at radius 2 is 1.00 bits per heavy atom. The summed E-state index contributed by atoms with van der Waals surface area (Å²) in [5.41, 5.74) is 1.68. The van der Waals surface area contributed by atoms with Crippen LogP contribution in [0.3, 0.4) is 0 Å². The molecule has 0 amide bonds. The molecule has 0 bridgehead atoms. The van der Waals surface area contributed by atoms with Gasteiger partial charge in [0, 0.05) is 0 Å². The minimum Gasteiger partial charge on any atom is -0.336 e. The third kappa shape index (κ3) is 2.38. The van der Waals surface area contributed by atoms with Gasteiger partial charge in [0.15, 0.2) is 10.2 Å². The molecule has 0 saturated carbocycles. The molecule has 2 N–H and O–H groups in total. The second-order valence-corrected chi connectivity index (χ2v) is 6.27. The molecule has 0 aliphatic carbocycles. The summed E-state index contributed by atoms with van der Waals surface area (Å²) in [6.07, 6.45) is -0.632. The van der Waals surface area contributed by atoms with Crippen molar-refractivity contribution in [3.63, 3.8) is 0 Å². The number of thiocarbonyl (C=S) groups is 2. The van der Waals surface area contributed by atoms with Gasteiger partial charge in [-0.1, -0.05) is 24.3 Å². The fourth-order valence-corrected chi connectivity index (χ4v) is 3.52. The number of halogens is 2. The average Bonchev–Trinajstić information content (AvgIpc) is 3.08.